The van der Waals surface area contributed by atoms with Crippen LogP contribution >= 0.6 is 11.3 Å². The zero-order valence-corrected chi connectivity index (χ0v) is 9.29. The van der Waals surface area contributed by atoms with Gasteiger partial charge < -0.3 is 11.1 Å². The predicted octanol–water partition coefficient (Wildman–Crippen LogP) is 2.90. The molecule has 78 valence electrons. The van der Waals surface area contributed by atoms with Gasteiger partial charge in [0.25, 0.3) is 0 Å². The Kier molecular flexibility index (Phi) is 2.87. The molecule has 0 radical (unpaired) electrons. The van der Waals surface area contributed by atoms with Crippen LogP contribution in [0.15, 0.2) is 35.2 Å². The van der Waals surface area contributed by atoms with E-state index in [9.17, 15) is 0 Å². The summed E-state index contributed by atoms with van der Waals surface area (Å²) in [6.07, 6.45) is 1.74. The minimum atomic E-state index is 0.230. The van der Waals surface area contributed by atoms with E-state index in [4.69, 9.17) is 5.73 Å². The molecule has 0 aromatic carbocycles. The molecule has 0 amide bonds. The number of thiophene rings is 1. The minimum Gasteiger partial charge on any atom is -0.396 e. The third kappa shape index (κ3) is 2.27. The van der Waals surface area contributed by atoms with Crippen LogP contribution in [-0.4, -0.2) is 4.98 Å². The summed E-state index contributed by atoms with van der Waals surface area (Å²) in [6, 6.07) is 6.00. The highest BCUT2D eigenvalue weighted by Gasteiger charge is 2.07. The summed E-state index contributed by atoms with van der Waals surface area (Å²) in [4.78, 5) is 4.20. The molecule has 1 atom stereocenters. The molecule has 15 heavy (non-hydrogen) atoms. The highest BCUT2D eigenvalue weighted by atomic mass is 32.1. The van der Waals surface area contributed by atoms with Gasteiger partial charge in [0.2, 0.25) is 0 Å². The summed E-state index contributed by atoms with van der Waals surface area (Å²) in [6.45, 7) is 2.09. The molecule has 0 fully saturated rings. The Morgan fingerprint density at radius 3 is 3.00 bits per heavy atom. The molecule has 2 heterocycles. The molecule has 2 aromatic rings. The minimum absolute atomic E-state index is 0.230. The van der Waals surface area contributed by atoms with Crippen molar-refractivity contribution < 1.29 is 0 Å². The fourth-order valence-electron chi connectivity index (χ4n) is 1.35. The number of aromatic nitrogens is 1. The molecule has 0 saturated carbocycles. The summed E-state index contributed by atoms with van der Waals surface area (Å²) in [5.41, 5.74) is 7.73. The van der Waals surface area contributed by atoms with E-state index in [-0.39, 0.29) is 6.04 Å². The van der Waals surface area contributed by atoms with Crippen LogP contribution in [0.2, 0.25) is 0 Å². The molecule has 0 spiro atoms. The standard InChI is InChI=1S/C11H13N3S/c1-8(9-4-6-15-7-9)14-11-10(12)3-2-5-13-11/h2-8H,12H2,1H3,(H,13,14). The molecule has 3 nitrogen and oxygen atoms in total. The van der Waals surface area contributed by atoms with Gasteiger partial charge in [-0.2, -0.15) is 11.3 Å². The van der Waals surface area contributed by atoms with Crippen LogP contribution in [0.3, 0.4) is 0 Å². The summed E-state index contributed by atoms with van der Waals surface area (Å²) in [5, 5.41) is 7.47. The van der Waals surface area contributed by atoms with Gasteiger partial charge in [0.15, 0.2) is 0 Å². The fraction of sp³-hybridized carbons (Fsp3) is 0.182. The Balaban J connectivity index is 2.13. The largest absolute Gasteiger partial charge is 0.396 e. The van der Waals surface area contributed by atoms with Crippen LogP contribution in [0.4, 0.5) is 11.5 Å². The first kappa shape index (κ1) is 9.98. The molecule has 1 unspecified atom stereocenters. The Morgan fingerprint density at radius 1 is 1.47 bits per heavy atom. The number of nitrogens with zero attached hydrogens (tertiary/aromatic N) is 1. The van der Waals surface area contributed by atoms with Crippen molar-refractivity contribution in [2.45, 2.75) is 13.0 Å². The van der Waals surface area contributed by atoms with Crippen LogP contribution < -0.4 is 11.1 Å². The summed E-state index contributed by atoms with van der Waals surface area (Å²) in [5.74, 6) is 0.746. The topological polar surface area (TPSA) is 50.9 Å². The maximum absolute atomic E-state index is 5.80. The van der Waals surface area contributed by atoms with Crippen LogP contribution in [0, 0.1) is 0 Å². The van der Waals surface area contributed by atoms with E-state index in [0.717, 1.165) is 5.82 Å². The summed E-state index contributed by atoms with van der Waals surface area (Å²) < 4.78 is 0. The second kappa shape index (κ2) is 4.31. The normalized spacial score (nSPS) is 12.3. The van der Waals surface area contributed by atoms with Crippen molar-refractivity contribution in [3.05, 3.63) is 40.7 Å². The first-order chi connectivity index (χ1) is 7.27. The average Bonchev–Trinajstić information content (AvgIpc) is 2.74. The van der Waals surface area contributed by atoms with Crippen LogP contribution in [0.25, 0.3) is 0 Å². The first-order valence-corrected chi connectivity index (χ1v) is 5.71. The quantitative estimate of drug-likeness (QED) is 0.834. The van der Waals surface area contributed by atoms with E-state index in [2.05, 4.69) is 34.1 Å². The fourth-order valence-corrected chi connectivity index (χ4v) is 2.10. The SMILES string of the molecule is CC(Nc1ncccc1N)c1ccsc1. The molecule has 0 saturated heterocycles. The lowest BCUT2D eigenvalue weighted by Crippen LogP contribution is -2.08. The highest BCUT2D eigenvalue weighted by molar-refractivity contribution is 7.07. The number of hydrogen-bond acceptors (Lipinski definition) is 4. The molecule has 0 aliphatic heterocycles. The molecule has 0 aliphatic carbocycles. The number of hydrogen-bond donors (Lipinski definition) is 2. The Labute approximate surface area is 93.0 Å². The van der Waals surface area contributed by atoms with Crippen molar-refractivity contribution in [2.75, 3.05) is 11.1 Å². The monoisotopic (exact) mass is 219 g/mol. The molecular weight excluding hydrogens is 206 g/mol. The number of nitrogens with two attached hydrogens (primary N) is 1. The second-order valence-corrected chi connectivity index (χ2v) is 4.14. The number of rotatable bonds is 3. The van der Waals surface area contributed by atoms with Crippen molar-refractivity contribution in [1.29, 1.82) is 0 Å². The van der Waals surface area contributed by atoms with E-state index >= 15 is 0 Å². The molecule has 2 aromatic heterocycles. The van der Waals surface area contributed by atoms with Gasteiger partial charge >= 0.3 is 0 Å². The smallest absolute Gasteiger partial charge is 0.149 e. The lowest BCUT2D eigenvalue weighted by Gasteiger charge is -2.14. The summed E-state index contributed by atoms with van der Waals surface area (Å²) >= 11 is 1.69. The molecular formula is C11H13N3S. The zero-order valence-electron chi connectivity index (χ0n) is 8.47. The summed E-state index contributed by atoms with van der Waals surface area (Å²) in [7, 11) is 0. The first-order valence-electron chi connectivity index (χ1n) is 4.76. The number of nitrogens with one attached hydrogen (secondary N) is 1. The van der Waals surface area contributed by atoms with E-state index in [1.54, 1.807) is 17.5 Å². The van der Waals surface area contributed by atoms with E-state index in [0.29, 0.717) is 5.69 Å². The van der Waals surface area contributed by atoms with Gasteiger partial charge in [-0.15, -0.1) is 0 Å². The van der Waals surface area contributed by atoms with Crippen molar-refractivity contribution in [1.82, 2.24) is 4.98 Å². The molecule has 3 N–H and O–H groups in total. The van der Waals surface area contributed by atoms with Crippen molar-refractivity contribution in [2.24, 2.45) is 0 Å². The van der Waals surface area contributed by atoms with E-state index in [1.807, 2.05) is 12.1 Å². The van der Waals surface area contributed by atoms with Crippen molar-refractivity contribution >= 4 is 22.8 Å². The van der Waals surface area contributed by atoms with Crippen molar-refractivity contribution in [3.63, 3.8) is 0 Å². The highest BCUT2D eigenvalue weighted by Crippen LogP contribution is 2.22. The Morgan fingerprint density at radius 2 is 2.33 bits per heavy atom. The Bertz CT molecular complexity index is 425. The molecule has 4 heteroatoms. The lowest BCUT2D eigenvalue weighted by molar-refractivity contribution is 0.881. The van der Waals surface area contributed by atoms with Gasteiger partial charge in [-0.05, 0) is 41.4 Å². The van der Waals surface area contributed by atoms with E-state index < -0.39 is 0 Å². The molecule has 2 rings (SSSR count). The van der Waals surface area contributed by atoms with Gasteiger partial charge in [0.1, 0.15) is 5.82 Å². The van der Waals surface area contributed by atoms with Crippen LogP contribution in [0.5, 0.6) is 0 Å². The van der Waals surface area contributed by atoms with Gasteiger partial charge in [0, 0.05) is 6.20 Å². The maximum Gasteiger partial charge on any atom is 0.149 e. The third-order valence-electron chi connectivity index (χ3n) is 2.24. The predicted molar refractivity (Wildman–Crippen MR) is 65.0 cm³/mol. The van der Waals surface area contributed by atoms with Crippen LogP contribution in [-0.2, 0) is 0 Å². The van der Waals surface area contributed by atoms with E-state index in [1.165, 1.54) is 5.56 Å². The zero-order chi connectivity index (χ0) is 10.7. The molecule has 0 bridgehead atoms. The van der Waals surface area contributed by atoms with Gasteiger partial charge in [-0.25, -0.2) is 4.98 Å². The number of nitrogen functional groups attached to an aromatic ring is 1. The van der Waals surface area contributed by atoms with Gasteiger partial charge in [-0.1, -0.05) is 0 Å². The number of anilines is 2. The van der Waals surface area contributed by atoms with Crippen molar-refractivity contribution in [3.8, 4) is 0 Å². The lowest BCUT2D eigenvalue weighted by atomic mass is 10.2. The Hall–Kier alpha value is -1.55. The number of pyridine rings is 1. The molecule has 0 aliphatic rings. The third-order valence-corrected chi connectivity index (χ3v) is 2.94. The van der Waals surface area contributed by atoms with Crippen LogP contribution in [0.1, 0.15) is 18.5 Å². The van der Waals surface area contributed by atoms with Gasteiger partial charge in [0.05, 0.1) is 11.7 Å². The maximum atomic E-state index is 5.80. The average molecular weight is 219 g/mol. The second-order valence-electron chi connectivity index (χ2n) is 3.36. The van der Waals surface area contributed by atoms with Gasteiger partial charge in [-0.3, -0.25) is 0 Å².